The summed E-state index contributed by atoms with van der Waals surface area (Å²) in [5.74, 6) is 1.55. The van der Waals surface area contributed by atoms with Gasteiger partial charge in [0.15, 0.2) is 11.0 Å². The molecule has 0 saturated carbocycles. The van der Waals surface area contributed by atoms with Gasteiger partial charge in [-0.2, -0.15) is 9.59 Å². The summed E-state index contributed by atoms with van der Waals surface area (Å²) in [5, 5.41) is 0.549. The summed E-state index contributed by atoms with van der Waals surface area (Å²) < 4.78 is 5.35. The zero-order valence-electron chi connectivity index (χ0n) is 12.0. The largest absolute Gasteiger partial charge is 0.378 e. The number of nitrogens with two attached hydrogens (primary N) is 1. The average molecular weight is 321 g/mol. The molecular weight excluding hydrogens is 306 g/mol. The number of nitrogen functional groups attached to an aromatic ring is 1. The highest BCUT2D eigenvalue weighted by atomic mass is 32.1. The Morgan fingerprint density at radius 3 is 2.59 bits per heavy atom. The zero-order valence-corrected chi connectivity index (χ0v) is 12.8. The Labute approximate surface area is 131 Å². The highest BCUT2D eigenvalue weighted by Crippen LogP contribution is 2.27. The Hall–Kier alpha value is -2.35. The van der Waals surface area contributed by atoms with Crippen LogP contribution < -0.4 is 10.6 Å². The van der Waals surface area contributed by atoms with Gasteiger partial charge in [-0.1, -0.05) is 0 Å². The van der Waals surface area contributed by atoms with Crippen LogP contribution in [-0.4, -0.2) is 47.4 Å². The van der Waals surface area contributed by atoms with Crippen LogP contribution in [0.15, 0.2) is 12.3 Å². The van der Waals surface area contributed by atoms with Gasteiger partial charge in [0.25, 0.3) is 0 Å². The Morgan fingerprint density at radius 2 is 2.00 bits per heavy atom. The van der Waals surface area contributed by atoms with E-state index in [0.717, 1.165) is 42.7 Å². The predicted molar refractivity (Wildman–Crippen MR) is 80.3 cm³/mol. The number of ether oxygens (including phenoxy) is 1. The van der Waals surface area contributed by atoms with Crippen molar-refractivity contribution in [2.24, 2.45) is 0 Å². The van der Waals surface area contributed by atoms with Crippen LogP contribution in [0.1, 0.15) is 4.88 Å². The summed E-state index contributed by atoms with van der Waals surface area (Å²) >= 11 is 1.46. The molecule has 0 unspecified atom stereocenters. The van der Waals surface area contributed by atoms with Crippen molar-refractivity contribution in [2.45, 2.75) is 6.92 Å². The smallest absolute Gasteiger partial charge is 0.373 e. The van der Waals surface area contributed by atoms with Gasteiger partial charge in [0, 0.05) is 24.2 Å². The minimum atomic E-state index is 0.250. The topological polar surface area (TPSA) is 111 Å². The predicted octanol–water partition coefficient (Wildman–Crippen LogP) is 0.744. The number of aromatic nitrogens is 3. The number of anilines is 2. The summed E-state index contributed by atoms with van der Waals surface area (Å²) in [7, 11) is 0. The Bertz CT molecular complexity index is 663. The van der Waals surface area contributed by atoms with Crippen molar-refractivity contribution in [3.63, 3.8) is 0 Å². The third kappa shape index (κ3) is 3.85. The molecule has 22 heavy (non-hydrogen) atoms. The third-order valence-corrected chi connectivity index (χ3v) is 3.80. The molecule has 2 aromatic rings. The standard InChI is InChI=1S/C12H15N5OS.CO2/c1-8-10(16-12(13)19-8)11-14-3-2-9(15-11)17-4-6-18-7-5-17;2-1-3/h2-3H,4-7H2,1H3,(H2,13,16);. The van der Waals surface area contributed by atoms with Gasteiger partial charge in [-0.15, -0.1) is 11.3 Å². The molecule has 8 nitrogen and oxygen atoms in total. The van der Waals surface area contributed by atoms with E-state index in [0.29, 0.717) is 11.0 Å². The Balaban J connectivity index is 0.000000545. The number of morpholine rings is 1. The van der Waals surface area contributed by atoms with Gasteiger partial charge in [0.05, 0.1) is 13.2 Å². The molecule has 3 heterocycles. The lowest BCUT2D eigenvalue weighted by Crippen LogP contribution is -2.36. The van der Waals surface area contributed by atoms with E-state index in [1.807, 2.05) is 13.0 Å². The van der Waals surface area contributed by atoms with Crippen molar-refractivity contribution in [2.75, 3.05) is 36.9 Å². The van der Waals surface area contributed by atoms with Crippen LogP contribution in [-0.2, 0) is 14.3 Å². The number of aryl methyl sites for hydroxylation is 1. The fraction of sp³-hybridized carbons (Fsp3) is 0.385. The van der Waals surface area contributed by atoms with Gasteiger partial charge in [0.1, 0.15) is 11.5 Å². The quantitative estimate of drug-likeness (QED) is 0.862. The van der Waals surface area contributed by atoms with E-state index in [1.54, 1.807) is 6.20 Å². The first kappa shape index (κ1) is 16.0. The van der Waals surface area contributed by atoms with Crippen LogP contribution in [0.4, 0.5) is 10.9 Å². The number of carbonyl (C=O) groups excluding carboxylic acids is 2. The summed E-state index contributed by atoms with van der Waals surface area (Å²) in [4.78, 5) is 32.7. The first-order chi connectivity index (χ1) is 10.7. The normalized spacial score (nSPS) is 14.0. The van der Waals surface area contributed by atoms with Crippen molar-refractivity contribution in [1.29, 1.82) is 0 Å². The SMILES string of the molecule is Cc1sc(N)nc1-c1nccc(N2CCOCC2)n1.O=C=O. The van der Waals surface area contributed by atoms with Gasteiger partial charge >= 0.3 is 6.15 Å². The minimum Gasteiger partial charge on any atom is -0.378 e. The first-order valence-electron chi connectivity index (χ1n) is 6.54. The summed E-state index contributed by atoms with van der Waals surface area (Å²) in [6, 6.07) is 1.92. The van der Waals surface area contributed by atoms with Gasteiger partial charge in [-0.25, -0.2) is 15.0 Å². The highest BCUT2D eigenvalue weighted by Gasteiger charge is 2.16. The van der Waals surface area contributed by atoms with Crippen LogP contribution >= 0.6 is 11.3 Å². The molecule has 1 aliphatic rings. The molecule has 9 heteroatoms. The van der Waals surface area contributed by atoms with Crippen LogP contribution in [0.25, 0.3) is 11.5 Å². The second-order valence-electron chi connectivity index (χ2n) is 4.38. The number of nitrogens with zero attached hydrogens (tertiary/aromatic N) is 4. The maximum Gasteiger partial charge on any atom is 0.373 e. The minimum absolute atomic E-state index is 0.250. The molecule has 1 aliphatic heterocycles. The van der Waals surface area contributed by atoms with Gasteiger partial charge in [0.2, 0.25) is 0 Å². The fourth-order valence-corrected chi connectivity index (χ4v) is 2.74. The van der Waals surface area contributed by atoms with E-state index < -0.39 is 0 Å². The maximum absolute atomic E-state index is 8.12. The van der Waals surface area contributed by atoms with Gasteiger partial charge < -0.3 is 15.4 Å². The van der Waals surface area contributed by atoms with Gasteiger partial charge in [-0.3, -0.25) is 0 Å². The number of hydrogen-bond acceptors (Lipinski definition) is 9. The Morgan fingerprint density at radius 1 is 1.32 bits per heavy atom. The first-order valence-corrected chi connectivity index (χ1v) is 7.35. The van der Waals surface area contributed by atoms with Crippen molar-refractivity contribution < 1.29 is 14.3 Å². The van der Waals surface area contributed by atoms with Crippen molar-refractivity contribution in [1.82, 2.24) is 15.0 Å². The summed E-state index contributed by atoms with van der Waals surface area (Å²) in [6.07, 6.45) is 2.02. The molecule has 2 aromatic heterocycles. The molecule has 0 aliphatic carbocycles. The maximum atomic E-state index is 8.12. The van der Waals surface area contributed by atoms with E-state index in [-0.39, 0.29) is 6.15 Å². The van der Waals surface area contributed by atoms with Crippen LogP contribution in [0.2, 0.25) is 0 Å². The molecule has 0 radical (unpaired) electrons. The molecule has 0 aromatic carbocycles. The molecule has 116 valence electrons. The molecule has 1 saturated heterocycles. The van der Waals surface area contributed by atoms with Crippen LogP contribution in [0.5, 0.6) is 0 Å². The number of rotatable bonds is 2. The zero-order chi connectivity index (χ0) is 15.9. The molecule has 2 N–H and O–H groups in total. The highest BCUT2D eigenvalue weighted by molar-refractivity contribution is 7.15. The lowest BCUT2D eigenvalue weighted by Gasteiger charge is -2.27. The fourth-order valence-electron chi connectivity index (χ4n) is 2.06. The lowest BCUT2D eigenvalue weighted by atomic mass is 10.3. The lowest BCUT2D eigenvalue weighted by molar-refractivity contribution is -0.191. The van der Waals surface area contributed by atoms with Crippen LogP contribution in [0.3, 0.4) is 0 Å². The van der Waals surface area contributed by atoms with Crippen molar-refractivity contribution in [3.8, 4) is 11.5 Å². The summed E-state index contributed by atoms with van der Waals surface area (Å²) in [6.45, 7) is 5.17. The van der Waals surface area contributed by atoms with Gasteiger partial charge in [-0.05, 0) is 13.0 Å². The molecule has 3 rings (SSSR count). The number of hydrogen-bond donors (Lipinski definition) is 1. The second kappa shape index (κ2) is 7.60. The molecule has 0 bridgehead atoms. The monoisotopic (exact) mass is 321 g/mol. The second-order valence-corrected chi connectivity index (χ2v) is 5.61. The molecule has 0 spiro atoms. The number of thiazole rings is 1. The molecule has 0 amide bonds. The molecule has 1 fully saturated rings. The third-order valence-electron chi connectivity index (χ3n) is 3.00. The van der Waals surface area contributed by atoms with Crippen molar-refractivity contribution in [3.05, 3.63) is 17.1 Å². The average Bonchev–Trinajstić information content (AvgIpc) is 2.88. The van der Waals surface area contributed by atoms with Crippen molar-refractivity contribution >= 4 is 28.4 Å². The van der Waals surface area contributed by atoms with E-state index in [4.69, 9.17) is 20.1 Å². The molecule has 0 atom stereocenters. The van der Waals surface area contributed by atoms with E-state index in [1.165, 1.54) is 11.3 Å². The molecular formula is C13H15N5O3S. The Kier molecular flexibility index (Phi) is 5.54. The van der Waals surface area contributed by atoms with E-state index >= 15 is 0 Å². The summed E-state index contributed by atoms with van der Waals surface area (Å²) in [5.41, 5.74) is 6.50. The van der Waals surface area contributed by atoms with E-state index in [2.05, 4.69) is 19.9 Å². The van der Waals surface area contributed by atoms with E-state index in [9.17, 15) is 0 Å². The van der Waals surface area contributed by atoms with Crippen LogP contribution in [0, 0.1) is 6.92 Å².